The Hall–Kier alpha value is -3.80. The molecule has 30 heavy (non-hydrogen) atoms. The van der Waals surface area contributed by atoms with Gasteiger partial charge in [-0.2, -0.15) is 5.10 Å². The summed E-state index contributed by atoms with van der Waals surface area (Å²) in [7, 11) is 1.59. The predicted octanol–water partition coefficient (Wildman–Crippen LogP) is 4.44. The van der Waals surface area contributed by atoms with Crippen molar-refractivity contribution in [1.82, 2.24) is 5.43 Å². The van der Waals surface area contributed by atoms with Crippen LogP contribution in [-0.4, -0.2) is 25.8 Å². The summed E-state index contributed by atoms with van der Waals surface area (Å²) in [6.45, 7) is 2.98. The Morgan fingerprint density at radius 1 is 0.933 bits per heavy atom. The zero-order chi connectivity index (χ0) is 21.2. The van der Waals surface area contributed by atoms with E-state index in [-0.39, 0.29) is 5.91 Å². The van der Waals surface area contributed by atoms with Crippen LogP contribution in [0.4, 0.5) is 0 Å². The molecule has 0 heterocycles. The van der Waals surface area contributed by atoms with E-state index in [1.807, 2.05) is 67.6 Å². The Labute approximate surface area is 176 Å². The first-order valence-electron chi connectivity index (χ1n) is 9.60. The second-order valence-corrected chi connectivity index (χ2v) is 6.33. The lowest BCUT2D eigenvalue weighted by Crippen LogP contribution is -2.17. The van der Waals surface area contributed by atoms with Gasteiger partial charge in [-0.1, -0.05) is 24.3 Å². The molecule has 0 fully saturated rings. The third-order valence-corrected chi connectivity index (χ3v) is 4.27. The minimum absolute atomic E-state index is 0.292. The van der Waals surface area contributed by atoms with Gasteiger partial charge in [-0.15, -0.1) is 0 Å². The molecule has 0 aromatic heterocycles. The standard InChI is InChI=1S/C24H24N2O4/c1-3-29-21-12-14-22(15-13-21)30-17-18-8-10-19(11-9-18)24(27)26-25-16-20-6-4-5-7-23(20)28-2/h4-16H,3,17H2,1-2H3,(H,26,27)/b25-16-. The molecule has 154 valence electrons. The fourth-order valence-corrected chi connectivity index (χ4v) is 2.72. The highest BCUT2D eigenvalue weighted by atomic mass is 16.5. The Morgan fingerprint density at radius 2 is 1.60 bits per heavy atom. The molecule has 3 aromatic rings. The van der Waals surface area contributed by atoms with Crippen molar-refractivity contribution >= 4 is 12.1 Å². The zero-order valence-electron chi connectivity index (χ0n) is 17.0. The number of para-hydroxylation sites is 1. The smallest absolute Gasteiger partial charge is 0.271 e. The van der Waals surface area contributed by atoms with Crippen LogP contribution in [0.15, 0.2) is 77.9 Å². The average molecular weight is 404 g/mol. The van der Waals surface area contributed by atoms with Gasteiger partial charge in [-0.05, 0) is 61.0 Å². The highest BCUT2D eigenvalue weighted by Crippen LogP contribution is 2.19. The first-order valence-corrected chi connectivity index (χ1v) is 9.60. The van der Waals surface area contributed by atoms with Gasteiger partial charge in [-0.3, -0.25) is 4.79 Å². The van der Waals surface area contributed by atoms with Crippen molar-refractivity contribution in [3.8, 4) is 17.2 Å². The molecule has 3 aromatic carbocycles. The van der Waals surface area contributed by atoms with E-state index in [1.54, 1.807) is 25.5 Å². The van der Waals surface area contributed by atoms with E-state index >= 15 is 0 Å². The molecule has 3 rings (SSSR count). The molecule has 0 aliphatic heterocycles. The zero-order valence-corrected chi connectivity index (χ0v) is 17.0. The number of amides is 1. The highest BCUT2D eigenvalue weighted by molar-refractivity contribution is 5.95. The molecule has 0 bridgehead atoms. The first-order chi connectivity index (χ1) is 14.7. The molecular formula is C24H24N2O4. The summed E-state index contributed by atoms with van der Waals surface area (Å²) in [5, 5.41) is 4.01. The predicted molar refractivity (Wildman–Crippen MR) is 116 cm³/mol. The number of hydrogen-bond acceptors (Lipinski definition) is 5. The molecule has 0 atom stereocenters. The van der Waals surface area contributed by atoms with Gasteiger partial charge in [-0.25, -0.2) is 5.43 Å². The second-order valence-electron chi connectivity index (χ2n) is 6.33. The SMILES string of the molecule is CCOc1ccc(OCc2ccc(C(=O)N/N=C\c3ccccc3OC)cc2)cc1. The molecule has 1 N–H and O–H groups in total. The molecule has 6 heteroatoms. The van der Waals surface area contributed by atoms with Crippen LogP contribution in [0.2, 0.25) is 0 Å². The topological polar surface area (TPSA) is 69.2 Å². The van der Waals surface area contributed by atoms with E-state index in [9.17, 15) is 4.79 Å². The molecule has 0 aliphatic carbocycles. The molecule has 0 aliphatic rings. The normalized spacial score (nSPS) is 10.6. The number of ether oxygens (including phenoxy) is 3. The van der Waals surface area contributed by atoms with Crippen LogP contribution in [0.25, 0.3) is 0 Å². The number of benzene rings is 3. The van der Waals surface area contributed by atoms with E-state index in [2.05, 4.69) is 10.5 Å². The van der Waals surface area contributed by atoms with E-state index in [4.69, 9.17) is 14.2 Å². The molecule has 0 radical (unpaired) electrons. The third-order valence-electron chi connectivity index (χ3n) is 4.27. The number of carbonyl (C=O) groups is 1. The van der Waals surface area contributed by atoms with E-state index < -0.39 is 0 Å². The van der Waals surface area contributed by atoms with E-state index in [0.29, 0.717) is 24.5 Å². The van der Waals surface area contributed by atoms with Gasteiger partial charge >= 0.3 is 0 Å². The van der Waals surface area contributed by atoms with Crippen molar-refractivity contribution in [1.29, 1.82) is 0 Å². The lowest BCUT2D eigenvalue weighted by molar-refractivity contribution is 0.0955. The minimum Gasteiger partial charge on any atom is -0.496 e. The second kappa shape index (κ2) is 10.7. The molecule has 0 unspecified atom stereocenters. The summed E-state index contributed by atoms with van der Waals surface area (Å²) >= 11 is 0. The summed E-state index contributed by atoms with van der Waals surface area (Å²) in [5.41, 5.74) is 4.77. The van der Waals surface area contributed by atoms with Gasteiger partial charge in [0.05, 0.1) is 19.9 Å². The number of nitrogens with zero attached hydrogens (tertiary/aromatic N) is 1. The van der Waals surface area contributed by atoms with Crippen LogP contribution in [0, 0.1) is 0 Å². The van der Waals surface area contributed by atoms with Crippen LogP contribution in [0.5, 0.6) is 17.2 Å². The van der Waals surface area contributed by atoms with Crippen molar-refractivity contribution < 1.29 is 19.0 Å². The van der Waals surface area contributed by atoms with Crippen molar-refractivity contribution in [2.24, 2.45) is 5.10 Å². The van der Waals surface area contributed by atoms with Gasteiger partial charge < -0.3 is 14.2 Å². The molecular weight excluding hydrogens is 380 g/mol. The fraction of sp³-hybridized carbons (Fsp3) is 0.167. The molecule has 0 saturated heterocycles. The minimum atomic E-state index is -0.292. The molecule has 0 spiro atoms. The van der Waals surface area contributed by atoms with Crippen molar-refractivity contribution in [2.75, 3.05) is 13.7 Å². The number of rotatable bonds is 9. The van der Waals surface area contributed by atoms with E-state index in [1.165, 1.54) is 0 Å². The summed E-state index contributed by atoms with van der Waals surface area (Å²) in [5.74, 6) is 1.96. The van der Waals surface area contributed by atoms with Gasteiger partial charge in [0.25, 0.3) is 5.91 Å². The Balaban J connectivity index is 1.52. The van der Waals surface area contributed by atoms with Crippen LogP contribution in [-0.2, 0) is 6.61 Å². The molecule has 1 amide bonds. The maximum Gasteiger partial charge on any atom is 0.271 e. The van der Waals surface area contributed by atoms with Gasteiger partial charge in [0.2, 0.25) is 0 Å². The highest BCUT2D eigenvalue weighted by Gasteiger charge is 2.05. The maximum absolute atomic E-state index is 12.3. The number of carbonyl (C=O) groups excluding carboxylic acids is 1. The molecule has 0 saturated carbocycles. The lowest BCUT2D eigenvalue weighted by atomic mass is 10.1. The number of nitrogens with one attached hydrogen (secondary N) is 1. The van der Waals surface area contributed by atoms with E-state index in [0.717, 1.165) is 22.6 Å². The van der Waals surface area contributed by atoms with Crippen LogP contribution >= 0.6 is 0 Å². The largest absolute Gasteiger partial charge is 0.496 e. The van der Waals surface area contributed by atoms with Crippen molar-refractivity contribution in [2.45, 2.75) is 13.5 Å². The lowest BCUT2D eigenvalue weighted by Gasteiger charge is -2.08. The number of methoxy groups -OCH3 is 1. The summed E-state index contributed by atoms with van der Waals surface area (Å²) < 4.78 is 16.4. The first kappa shape index (κ1) is 20.9. The Morgan fingerprint density at radius 3 is 2.27 bits per heavy atom. The van der Waals surface area contributed by atoms with Crippen molar-refractivity contribution in [3.05, 3.63) is 89.5 Å². The quantitative estimate of drug-likeness (QED) is 0.423. The summed E-state index contributed by atoms with van der Waals surface area (Å²) in [6, 6.07) is 22.1. The average Bonchev–Trinajstić information content (AvgIpc) is 2.79. The van der Waals surface area contributed by atoms with Crippen LogP contribution in [0.1, 0.15) is 28.4 Å². The van der Waals surface area contributed by atoms with Crippen molar-refractivity contribution in [3.63, 3.8) is 0 Å². The van der Waals surface area contributed by atoms with Crippen LogP contribution < -0.4 is 19.6 Å². The maximum atomic E-state index is 12.3. The van der Waals surface area contributed by atoms with Gasteiger partial charge in [0, 0.05) is 11.1 Å². The summed E-state index contributed by atoms with van der Waals surface area (Å²) in [4.78, 5) is 12.3. The van der Waals surface area contributed by atoms with Gasteiger partial charge in [0.1, 0.15) is 23.9 Å². The monoisotopic (exact) mass is 404 g/mol. The van der Waals surface area contributed by atoms with Crippen LogP contribution in [0.3, 0.4) is 0 Å². The Kier molecular flexibility index (Phi) is 7.44. The number of hydrogen-bond donors (Lipinski definition) is 1. The summed E-state index contributed by atoms with van der Waals surface area (Å²) in [6.07, 6.45) is 1.55. The fourth-order valence-electron chi connectivity index (χ4n) is 2.72. The Bertz CT molecular complexity index is 983. The van der Waals surface area contributed by atoms with Gasteiger partial charge in [0.15, 0.2) is 0 Å². The number of hydrazone groups is 1. The third kappa shape index (κ3) is 5.85. The molecule has 6 nitrogen and oxygen atoms in total.